The predicted octanol–water partition coefficient (Wildman–Crippen LogP) is 9.18. The summed E-state index contributed by atoms with van der Waals surface area (Å²) >= 11 is 11.8. The molecule has 5 aromatic rings. The molecule has 10 heteroatoms. The monoisotopic (exact) mass is 676 g/mol. The lowest BCUT2D eigenvalue weighted by molar-refractivity contribution is 0.0798. The maximum absolute atomic E-state index is 16.8. The number of unbranched alkanes of at least 4 members (excludes halogenated alkanes) is 2. The van der Waals surface area contributed by atoms with E-state index in [0.29, 0.717) is 34.7 Å². The molecule has 0 saturated heterocycles. The summed E-state index contributed by atoms with van der Waals surface area (Å²) < 4.78 is 33.5. The van der Waals surface area contributed by atoms with Gasteiger partial charge in [0.05, 0.1) is 34.4 Å². The Morgan fingerprint density at radius 2 is 1.00 bits per heavy atom. The van der Waals surface area contributed by atoms with Gasteiger partial charge in [-0.3, -0.25) is 19.4 Å². The topological polar surface area (TPSA) is 88.2 Å². The molecule has 240 valence electrons. The van der Waals surface area contributed by atoms with E-state index in [1.54, 1.807) is 12.1 Å². The third-order valence-corrected chi connectivity index (χ3v) is 10.9. The van der Waals surface area contributed by atoms with Gasteiger partial charge < -0.3 is 0 Å². The van der Waals surface area contributed by atoms with Crippen LogP contribution in [-0.4, -0.2) is 43.7 Å². The van der Waals surface area contributed by atoms with Crippen molar-refractivity contribution in [2.24, 2.45) is 0 Å². The van der Waals surface area contributed by atoms with Gasteiger partial charge in [0, 0.05) is 66.3 Å². The van der Waals surface area contributed by atoms with Crippen molar-refractivity contribution in [3.8, 4) is 12.1 Å². The highest BCUT2D eigenvalue weighted by Gasteiger charge is 2.40. The van der Waals surface area contributed by atoms with Gasteiger partial charge in [-0.2, -0.15) is 10.5 Å². The number of benzene rings is 5. The van der Waals surface area contributed by atoms with Crippen LogP contribution in [0.2, 0.25) is 0 Å². The van der Waals surface area contributed by atoms with E-state index in [1.165, 1.54) is 9.80 Å². The van der Waals surface area contributed by atoms with Crippen molar-refractivity contribution in [2.75, 3.05) is 0 Å². The average Bonchev–Trinajstić information content (AvgIpc) is 3.07. The van der Waals surface area contributed by atoms with Gasteiger partial charge in [0.2, 0.25) is 0 Å². The van der Waals surface area contributed by atoms with E-state index in [4.69, 9.17) is 24.4 Å². The highest BCUT2D eigenvalue weighted by molar-refractivity contribution is 7.81. The molecule has 2 aliphatic heterocycles. The van der Waals surface area contributed by atoms with Gasteiger partial charge in [0.25, 0.3) is 11.8 Å². The third-order valence-electron chi connectivity index (χ3n) is 10.1. The molecule has 6 nitrogen and oxygen atoms in total. The highest BCUT2D eigenvalue weighted by atomic mass is 32.1. The molecule has 0 saturated carbocycles. The predicted molar refractivity (Wildman–Crippen MR) is 191 cm³/mol. The molecule has 48 heavy (non-hydrogen) atoms. The number of hydrogen-bond donors (Lipinski definition) is 0. The van der Waals surface area contributed by atoms with E-state index in [9.17, 15) is 20.1 Å². The number of halogens is 2. The zero-order valence-corrected chi connectivity index (χ0v) is 28.5. The van der Waals surface area contributed by atoms with E-state index in [1.807, 2.05) is 27.7 Å². The molecule has 5 aromatic carbocycles. The molecule has 2 atom stereocenters. The van der Waals surface area contributed by atoms with Crippen molar-refractivity contribution in [2.45, 2.75) is 78.3 Å². The summed E-state index contributed by atoms with van der Waals surface area (Å²) in [4.78, 5) is 31.5. The van der Waals surface area contributed by atoms with Gasteiger partial charge in [-0.15, -0.1) is 0 Å². The molecule has 0 unspecified atom stereocenters. The first-order valence-corrected chi connectivity index (χ1v) is 17.1. The van der Waals surface area contributed by atoms with Gasteiger partial charge >= 0.3 is 0 Å². The average molecular weight is 677 g/mol. The second-order valence-electron chi connectivity index (χ2n) is 12.9. The van der Waals surface area contributed by atoms with Crippen LogP contribution < -0.4 is 0 Å². The Morgan fingerprint density at radius 1 is 0.625 bits per heavy atom. The zero-order valence-electron chi connectivity index (χ0n) is 26.9. The van der Waals surface area contributed by atoms with Gasteiger partial charge in [-0.05, 0) is 51.0 Å². The summed E-state index contributed by atoms with van der Waals surface area (Å²) in [6, 6.07) is 9.21. The first kappa shape index (κ1) is 31.9. The lowest BCUT2D eigenvalue weighted by Gasteiger charge is -2.36. The zero-order chi connectivity index (χ0) is 34.3. The SMILES string of the molecule is CCCC[C@H](C)N1C(=O)c2cc(F)c3c4c(C#N)cc5c6c(cc(F)c(c7c(C#N)cc(c2c37)C1=S)c64)C(=O)N([C@@H](C)CCCC)C5=S. The van der Waals surface area contributed by atoms with Crippen LogP contribution in [0, 0.1) is 34.3 Å². The molecule has 2 amide bonds. The van der Waals surface area contributed by atoms with E-state index in [-0.39, 0.29) is 76.6 Å². The number of thiocarbonyl (C=S) groups is 2. The fraction of sp³-hybridized carbons (Fsp3) is 0.316. The quantitative estimate of drug-likeness (QED) is 0.0925. The second-order valence-corrected chi connectivity index (χ2v) is 13.7. The van der Waals surface area contributed by atoms with Crippen molar-refractivity contribution in [3.05, 3.63) is 69.3 Å². The maximum atomic E-state index is 16.8. The number of nitriles is 2. The van der Waals surface area contributed by atoms with Crippen LogP contribution in [0.5, 0.6) is 0 Å². The van der Waals surface area contributed by atoms with Crippen LogP contribution in [0.4, 0.5) is 8.78 Å². The molecule has 0 N–H and O–H groups in total. The molecule has 0 spiro atoms. The molecule has 0 bridgehead atoms. The molecular weight excluding hydrogens is 647 g/mol. The number of fused-ring (bicyclic) bond motifs is 2. The fourth-order valence-corrected chi connectivity index (χ4v) is 8.67. The van der Waals surface area contributed by atoms with Crippen LogP contribution in [-0.2, 0) is 0 Å². The molecule has 2 heterocycles. The molecular formula is C38H30F2N4O2S2. The largest absolute Gasteiger partial charge is 0.296 e. The van der Waals surface area contributed by atoms with Crippen molar-refractivity contribution in [3.63, 3.8) is 0 Å². The minimum atomic E-state index is -0.801. The molecule has 0 fully saturated rings. The van der Waals surface area contributed by atoms with E-state index in [0.717, 1.165) is 37.8 Å². The number of amides is 2. The van der Waals surface area contributed by atoms with Gasteiger partial charge in [-0.25, -0.2) is 8.78 Å². The Hall–Kier alpha value is -4.64. The minimum absolute atomic E-state index is 0.0329. The van der Waals surface area contributed by atoms with Gasteiger partial charge in [-0.1, -0.05) is 64.0 Å². The smallest absolute Gasteiger partial charge is 0.259 e. The number of rotatable bonds is 8. The lowest BCUT2D eigenvalue weighted by atomic mass is 9.79. The van der Waals surface area contributed by atoms with Crippen molar-refractivity contribution in [1.29, 1.82) is 10.5 Å². The van der Waals surface area contributed by atoms with Crippen LogP contribution in [0.15, 0.2) is 24.3 Å². The summed E-state index contributed by atoms with van der Waals surface area (Å²) in [6.45, 7) is 7.87. The summed E-state index contributed by atoms with van der Waals surface area (Å²) in [7, 11) is 0. The number of nitrogens with zero attached hydrogens (tertiary/aromatic N) is 4. The first-order chi connectivity index (χ1) is 23.0. The normalized spacial score (nSPS) is 15.7. The first-order valence-electron chi connectivity index (χ1n) is 16.2. The number of carbonyl (C=O) groups is 2. The summed E-state index contributed by atoms with van der Waals surface area (Å²) in [6.07, 6.45) is 4.90. The van der Waals surface area contributed by atoms with Crippen molar-refractivity contribution >= 4 is 89.3 Å². The Bertz CT molecular complexity index is 2240. The summed E-state index contributed by atoms with van der Waals surface area (Å²) in [5, 5.41) is 22.1. The van der Waals surface area contributed by atoms with Crippen LogP contribution in [0.3, 0.4) is 0 Å². The van der Waals surface area contributed by atoms with Crippen molar-refractivity contribution < 1.29 is 18.4 Å². The Balaban J connectivity index is 1.65. The second kappa shape index (κ2) is 11.5. The molecule has 0 aliphatic carbocycles. The molecule has 7 rings (SSSR count). The van der Waals surface area contributed by atoms with Crippen LogP contribution in [0.25, 0.3) is 43.1 Å². The third kappa shape index (κ3) is 4.15. The fourth-order valence-electron chi connectivity index (χ4n) is 7.83. The number of hydrogen-bond acceptors (Lipinski definition) is 6. The standard InChI is InChI=1S/C38H30F2N4O2S2/c1-5-7-9-17(3)43-35(45)21-13-25(39)31-28-20(16-42)12-24-30-22(36(46)44(38(24)48)18(4)10-8-6-2)14-26(40)32(34(28)30)27-19(15-41)11-23(37(43)47)29(21)33(27)31/h11-14,17-18H,5-10H2,1-4H3/t17-,18-/m0/s1. The summed E-state index contributed by atoms with van der Waals surface area (Å²) in [5.74, 6) is -2.54. The number of carbonyl (C=O) groups excluding carboxylic acids is 2. The van der Waals surface area contributed by atoms with E-state index in [2.05, 4.69) is 12.1 Å². The van der Waals surface area contributed by atoms with E-state index >= 15 is 8.78 Å². The minimum Gasteiger partial charge on any atom is -0.296 e. The van der Waals surface area contributed by atoms with Gasteiger partial charge in [0.15, 0.2) is 0 Å². The van der Waals surface area contributed by atoms with Crippen LogP contribution >= 0.6 is 24.4 Å². The highest BCUT2D eigenvalue weighted by Crippen LogP contribution is 2.50. The Labute approximate surface area is 286 Å². The maximum Gasteiger partial charge on any atom is 0.259 e. The lowest BCUT2D eigenvalue weighted by Crippen LogP contribution is -2.45. The van der Waals surface area contributed by atoms with Gasteiger partial charge in [0.1, 0.15) is 21.6 Å². The van der Waals surface area contributed by atoms with Crippen molar-refractivity contribution in [1.82, 2.24) is 9.80 Å². The van der Waals surface area contributed by atoms with Crippen LogP contribution in [0.1, 0.15) is 109 Å². The molecule has 0 aromatic heterocycles. The Morgan fingerprint density at radius 3 is 1.33 bits per heavy atom. The Kier molecular flexibility index (Phi) is 7.65. The molecule has 0 radical (unpaired) electrons. The summed E-state index contributed by atoms with van der Waals surface area (Å²) in [5.41, 5.74) is 1.00. The molecule has 2 aliphatic rings. The van der Waals surface area contributed by atoms with E-state index < -0.39 is 23.4 Å².